The number of phenolic OH excluding ortho intramolecular Hbond substituents is 1. The fourth-order valence-corrected chi connectivity index (χ4v) is 12.5. The first kappa shape index (κ1) is 30.1. The molecule has 5 heteroatoms. The van der Waals surface area contributed by atoms with Crippen molar-refractivity contribution < 1.29 is 15.0 Å². The van der Waals surface area contributed by atoms with Gasteiger partial charge in [0.05, 0.1) is 8.07 Å². The number of aliphatic carboxylic acids is 1. The van der Waals surface area contributed by atoms with Crippen molar-refractivity contribution in [3.63, 3.8) is 0 Å². The average molecular weight is 469 g/mol. The SMILES string of the molecule is CC(=O)O.CCC[Si](CCC)(CCC)CSc1cc(C(C)(C)C)c(O)cc1C(C)(C)C. The van der Waals surface area contributed by atoms with Crippen LogP contribution in [-0.2, 0) is 15.6 Å². The third-order valence-electron chi connectivity index (χ3n) is 5.59. The zero-order valence-corrected chi connectivity index (χ0v) is 23.6. The second-order valence-electron chi connectivity index (χ2n) is 10.9. The van der Waals surface area contributed by atoms with Crippen molar-refractivity contribution in [2.45, 2.75) is 122 Å². The lowest BCUT2D eigenvalue weighted by Gasteiger charge is -2.33. The number of hydrogen-bond acceptors (Lipinski definition) is 3. The molecule has 0 fully saturated rings. The van der Waals surface area contributed by atoms with Crippen molar-refractivity contribution in [3.05, 3.63) is 23.3 Å². The van der Waals surface area contributed by atoms with Crippen LogP contribution in [0.2, 0.25) is 18.1 Å². The summed E-state index contributed by atoms with van der Waals surface area (Å²) >= 11 is 2.09. The largest absolute Gasteiger partial charge is 0.508 e. The van der Waals surface area contributed by atoms with Crippen LogP contribution in [0.4, 0.5) is 0 Å². The normalized spacial score (nSPS) is 12.3. The zero-order valence-electron chi connectivity index (χ0n) is 21.8. The van der Waals surface area contributed by atoms with Crippen molar-refractivity contribution >= 4 is 25.8 Å². The lowest BCUT2D eigenvalue weighted by Crippen LogP contribution is -2.37. The summed E-state index contributed by atoms with van der Waals surface area (Å²) in [6, 6.07) is 8.71. The first-order valence-corrected chi connectivity index (χ1v) is 15.6. The Morgan fingerprint density at radius 2 is 1.26 bits per heavy atom. The van der Waals surface area contributed by atoms with Gasteiger partial charge >= 0.3 is 0 Å². The third kappa shape index (κ3) is 10.5. The molecule has 0 aliphatic heterocycles. The molecule has 0 saturated heterocycles. The molecule has 0 radical (unpaired) electrons. The molecule has 0 aliphatic rings. The molecule has 0 atom stereocenters. The molecule has 0 amide bonds. The minimum atomic E-state index is -1.24. The van der Waals surface area contributed by atoms with Crippen LogP contribution in [0.1, 0.15) is 99.6 Å². The van der Waals surface area contributed by atoms with Crippen LogP contribution in [0, 0.1) is 0 Å². The summed E-state index contributed by atoms with van der Waals surface area (Å²) in [5, 5.41) is 19.4. The van der Waals surface area contributed by atoms with Gasteiger partial charge in [0, 0.05) is 17.4 Å². The molecule has 0 bridgehead atoms. The van der Waals surface area contributed by atoms with E-state index in [0.717, 1.165) is 12.5 Å². The van der Waals surface area contributed by atoms with E-state index in [9.17, 15) is 5.11 Å². The van der Waals surface area contributed by atoms with Gasteiger partial charge in [-0.3, -0.25) is 4.79 Å². The summed E-state index contributed by atoms with van der Waals surface area (Å²) in [5.41, 5.74) is 2.37. The lowest BCUT2D eigenvalue weighted by molar-refractivity contribution is -0.134. The van der Waals surface area contributed by atoms with Crippen molar-refractivity contribution in [2.75, 3.05) is 5.38 Å². The van der Waals surface area contributed by atoms with Gasteiger partial charge in [-0.1, -0.05) is 99.7 Å². The highest BCUT2D eigenvalue weighted by atomic mass is 32.2. The highest BCUT2D eigenvalue weighted by Gasteiger charge is 2.32. The minimum Gasteiger partial charge on any atom is -0.508 e. The second kappa shape index (κ2) is 12.9. The van der Waals surface area contributed by atoms with E-state index in [1.807, 2.05) is 6.07 Å². The fraction of sp³-hybridized carbons (Fsp3) is 0.731. The van der Waals surface area contributed by atoms with Crippen LogP contribution >= 0.6 is 11.8 Å². The van der Waals surface area contributed by atoms with Gasteiger partial charge in [0.15, 0.2) is 0 Å². The Labute approximate surface area is 197 Å². The van der Waals surface area contributed by atoms with Crippen molar-refractivity contribution in [1.29, 1.82) is 0 Å². The molecule has 31 heavy (non-hydrogen) atoms. The van der Waals surface area contributed by atoms with Gasteiger partial charge in [-0.05, 0) is 33.9 Å². The highest BCUT2D eigenvalue weighted by Crippen LogP contribution is 2.42. The molecule has 1 aromatic carbocycles. The predicted octanol–water partition coefficient (Wildman–Crippen LogP) is 8.39. The molecule has 0 unspecified atom stereocenters. The van der Waals surface area contributed by atoms with E-state index in [1.165, 1.54) is 53.2 Å². The molecule has 2 N–H and O–H groups in total. The summed E-state index contributed by atoms with van der Waals surface area (Å²) in [4.78, 5) is 10.4. The summed E-state index contributed by atoms with van der Waals surface area (Å²) in [5.74, 6) is -0.379. The van der Waals surface area contributed by atoms with E-state index >= 15 is 0 Å². The minimum absolute atomic E-state index is 0.0411. The van der Waals surface area contributed by atoms with E-state index in [1.54, 1.807) is 0 Å². The third-order valence-corrected chi connectivity index (χ3v) is 13.9. The molecular formula is C26H48O3SSi. The number of aromatic hydroxyl groups is 1. The van der Waals surface area contributed by atoms with Crippen LogP contribution in [0.5, 0.6) is 5.75 Å². The fourth-order valence-electron chi connectivity index (χ4n) is 4.29. The maximum Gasteiger partial charge on any atom is 0.300 e. The van der Waals surface area contributed by atoms with Gasteiger partial charge in [-0.15, -0.1) is 11.8 Å². The second-order valence-corrected chi connectivity index (χ2v) is 17.3. The van der Waals surface area contributed by atoms with Crippen LogP contribution in [0.15, 0.2) is 17.0 Å². The number of hydrogen-bond donors (Lipinski definition) is 2. The molecule has 180 valence electrons. The molecule has 1 aromatic rings. The summed E-state index contributed by atoms with van der Waals surface area (Å²) in [7, 11) is -1.24. The Morgan fingerprint density at radius 1 is 0.871 bits per heavy atom. The number of carboxylic acids is 1. The van der Waals surface area contributed by atoms with Crippen molar-refractivity contribution in [1.82, 2.24) is 0 Å². The molecule has 0 spiro atoms. The Kier molecular flexibility index (Phi) is 12.5. The highest BCUT2D eigenvalue weighted by molar-refractivity contribution is 8.01. The maximum absolute atomic E-state index is 10.7. The number of benzene rings is 1. The van der Waals surface area contributed by atoms with E-state index < -0.39 is 14.0 Å². The van der Waals surface area contributed by atoms with E-state index in [-0.39, 0.29) is 10.8 Å². The first-order valence-electron chi connectivity index (χ1n) is 11.8. The first-order chi connectivity index (χ1) is 14.1. The smallest absolute Gasteiger partial charge is 0.300 e. The van der Waals surface area contributed by atoms with Gasteiger partial charge < -0.3 is 10.2 Å². The van der Waals surface area contributed by atoms with Crippen molar-refractivity contribution in [2.24, 2.45) is 0 Å². The number of phenols is 1. The Bertz CT molecular complexity index is 666. The van der Waals surface area contributed by atoms with Crippen LogP contribution in [-0.4, -0.2) is 29.6 Å². The van der Waals surface area contributed by atoms with Crippen molar-refractivity contribution in [3.8, 4) is 5.75 Å². The van der Waals surface area contributed by atoms with E-state index in [4.69, 9.17) is 9.90 Å². The van der Waals surface area contributed by atoms with E-state index in [0.29, 0.717) is 5.75 Å². The van der Waals surface area contributed by atoms with Gasteiger partial charge in [0.1, 0.15) is 5.75 Å². The summed E-state index contributed by atoms with van der Waals surface area (Å²) < 4.78 is 0. The van der Waals surface area contributed by atoms with Crippen LogP contribution in [0.3, 0.4) is 0 Å². The zero-order chi connectivity index (χ0) is 24.5. The monoisotopic (exact) mass is 468 g/mol. The number of carboxylic acid groups (broad SMARTS) is 1. The van der Waals surface area contributed by atoms with Gasteiger partial charge in [-0.25, -0.2) is 0 Å². The van der Waals surface area contributed by atoms with E-state index in [2.05, 4.69) is 80.1 Å². The number of thioether (sulfide) groups is 1. The molecule has 3 nitrogen and oxygen atoms in total. The van der Waals surface area contributed by atoms with Gasteiger partial charge in [-0.2, -0.15) is 0 Å². The van der Waals surface area contributed by atoms with Crippen LogP contribution in [0.25, 0.3) is 0 Å². The lowest BCUT2D eigenvalue weighted by atomic mass is 9.81. The summed E-state index contributed by atoms with van der Waals surface area (Å²) in [6.45, 7) is 21.5. The molecule has 0 aromatic heterocycles. The molecule has 0 aliphatic carbocycles. The average Bonchev–Trinajstić information content (AvgIpc) is 2.59. The molecular weight excluding hydrogens is 420 g/mol. The molecule has 0 saturated carbocycles. The van der Waals surface area contributed by atoms with Crippen LogP contribution < -0.4 is 0 Å². The Hall–Kier alpha value is -0.943. The molecule has 1 rings (SSSR count). The Balaban J connectivity index is 0.00000206. The standard InChI is InChI=1S/C24H44OSSi.C2H4O2/c1-10-13-27(14-11-2,15-12-3)18-26-22-17-19(23(4,5)6)21(25)16-20(22)24(7,8)9;1-2(3)4/h16-17,25H,10-15,18H2,1-9H3;1H3,(H,3,4). The van der Waals surface area contributed by atoms with Gasteiger partial charge in [0.25, 0.3) is 5.97 Å². The number of carbonyl (C=O) groups is 1. The Morgan fingerprint density at radius 3 is 1.58 bits per heavy atom. The topological polar surface area (TPSA) is 57.5 Å². The predicted molar refractivity (Wildman–Crippen MR) is 141 cm³/mol. The number of rotatable bonds is 9. The maximum atomic E-state index is 10.7. The van der Waals surface area contributed by atoms with Gasteiger partial charge in [0.2, 0.25) is 0 Å². The summed E-state index contributed by atoms with van der Waals surface area (Å²) in [6.07, 6.45) is 3.96. The molecule has 0 heterocycles. The quantitative estimate of drug-likeness (QED) is 0.282.